The van der Waals surface area contributed by atoms with Crippen molar-refractivity contribution in [1.29, 1.82) is 0 Å². The number of rotatable bonds is 2. The Morgan fingerprint density at radius 1 is 1.31 bits per heavy atom. The van der Waals surface area contributed by atoms with E-state index in [-0.39, 0.29) is 16.9 Å². The fourth-order valence-electron chi connectivity index (χ4n) is 0.777. The third-order valence-electron chi connectivity index (χ3n) is 1.37. The molecule has 0 atom stereocenters. The zero-order valence-corrected chi connectivity index (χ0v) is 6.39. The van der Waals surface area contributed by atoms with Gasteiger partial charge in [0.15, 0.2) is 5.69 Å². The molecule has 4 N–H and O–H groups in total. The Kier molecular flexibility index (Phi) is 2.14. The standard InChI is InChI=1S/C7H6N2O4/c8-4-1-3(6(10)11)2-9-5(4)7(12)13/h1-2H,8H2,(H,10,11)(H,12,13). The third kappa shape index (κ3) is 1.73. The Bertz CT molecular complexity index is 375. The van der Waals surface area contributed by atoms with Gasteiger partial charge in [-0.25, -0.2) is 14.6 Å². The summed E-state index contributed by atoms with van der Waals surface area (Å²) in [6.45, 7) is 0. The quantitative estimate of drug-likeness (QED) is 0.595. The van der Waals surface area contributed by atoms with Crippen LogP contribution in [-0.2, 0) is 0 Å². The molecular weight excluding hydrogens is 176 g/mol. The zero-order valence-electron chi connectivity index (χ0n) is 6.39. The molecule has 0 radical (unpaired) electrons. The van der Waals surface area contributed by atoms with E-state index in [1.807, 2.05) is 0 Å². The van der Waals surface area contributed by atoms with Gasteiger partial charge in [0.25, 0.3) is 0 Å². The zero-order chi connectivity index (χ0) is 10.0. The second-order valence-electron chi connectivity index (χ2n) is 2.27. The average Bonchev–Trinajstić information content (AvgIpc) is 2.03. The Hall–Kier alpha value is -2.11. The first kappa shape index (κ1) is 8.98. The maximum Gasteiger partial charge on any atom is 0.356 e. The molecular formula is C7H6N2O4. The van der Waals surface area contributed by atoms with Crippen molar-refractivity contribution in [3.05, 3.63) is 23.5 Å². The molecule has 0 aliphatic rings. The topological polar surface area (TPSA) is 114 Å². The summed E-state index contributed by atoms with van der Waals surface area (Å²) in [4.78, 5) is 24.2. The van der Waals surface area contributed by atoms with Crippen LogP contribution in [0.15, 0.2) is 12.3 Å². The number of hydrogen-bond donors (Lipinski definition) is 3. The van der Waals surface area contributed by atoms with Crippen molar-refractivity contribution in [1.82, 2.24) is 4.98 Å². The predicted octanol–water partition coefficient (Wildman–Crippen LogP) is 0.0602. The first-order valence-corrected chi connectivity index (χ1v) is 3.24. The summed E-state index contributed by atoms with van der Waals surface area (Å²) in [7, 11) is 0. The largest absolute Gasteiger partial charge is 0.478 e. The van der Waals surface area contributed by atoms with Gasteiger partial charge in [-0.1, -0.05) is 0 Å². The van der Waals surface area contributed by atoms with Crippen LogP contribution in [-0.4, -0.2) is 27.1 Å². The maximum atomic E-state index is 10.4. The van der Waals surface area contributed by atoms with E-state index in [9.17, 15) is 9.59 Å². The minimum atomic E-state index is -1.28. The van der Waals surface area contributed by atoms with Crippen LogP contribution in [0.3, 0.4) is 0 Å². The number of nitrogen functional groups attached to an aromatic ring is 1. The monoisotopic (exact) mass is 182 g/mol. The van der Waals surface area contributed by atoms with E-state index < -0.39 is 11.9 Å². The summed E-state index contributed by atoms with van der Waals surface area (Å²) in [6, 6.07) is 1.05. The van der Waals surface area contributed by atoms with Crippen LogP contribution in [0.25, 0.3) is 0 Å². The molecule has 6 heteroatoms. The number of carbonyl (C=O) groups is 2. The number of pyridine rings is 1. The molecule has 1 rings (SSSR count). The Morgan fingerprint density at radius 3 is 2.31 bits per heavy atom. The highest BCUT2D eigenvalue weighted by Gasteiger charge is 2.12. The summed E-state index contributed by atoms with van der Waals surface area (Å²) >= 11 is 0. The molecule has 1 heterocycles. The maximum absolute atomic E-state index is 10.4. The highest BCUT2D eigenvalue weighted by molar-refractivity contribution is 5.94. The van der Waals surface area contributed by atoms with Gasteiger partial charge in [-0.2, -0.15) is 0 Å². The van der Waals surface area contributed by atoms with Gasteiger partial charge >= 0.3 is 11.9 Å². The van der Waals surface area contributed by atoms with Crippen molar-refractivity contribution in [3.8, 4) is 0 Å². The van der Waals surface area contributed by atoms with Gasteiger partial charge < -0.3 is 15.9 Å². The lowest BCUT2D eigenvalue weighted by Crippen LogP contribution is -2.08. The van der Waals surface area contributed by atoms with Crippen molar-refractivity contribution in [3.63, 3.8) is 0 Å². The third-order valence-corrected chi connectivity index (χ3v) is 1.37. The summed E-state index contributed by atoms with van der Waals surface area (Å²) in [6.07, 6.45) is 0.947. The average molecular weight is 182 g/mol. The normalized spacial score (nSPS) is 9.54. The summed E-state index contributed by atoms with van der Waals surface area (Å²) in [5.41, 5.74) is 4.61. The fraction of sp³-hybridized carbons (Fsp3) is 0. The van der Waals surface area contributed by atoms with Crippen molar-refractivity contribution >= 4 is 17.6 Å². The van der Waals surface area contributed by atoms with E-state index in [1.54, 1.807) is 0 Å². The lowest BCUT2D eigenvalue weighted by molar-refractivity contribution is 0.0677. The van der Waals surface area contributed by atoms with Crippen LogP contribution in [0, 0.1) is 0 Å². The van der Waals surface area contributed by atoms with Crippen molar-refractivity contribution in [2.75, 3.05) is 5.73 Å². The molecule has 0 aliphatic heterocycles. The molecule has 0 spiro atoms. The molecule has 0 bridgehead atoms. The Balaban J connectivity index is 3.20. The van der Waals surface area contributed by atoms with E-state index >= 15 is 0 Å². The highest BCUT2D eigenvalue weighted by Crippen LogP contribution is 2.10. The number of nitrogens with two attached hydrogens (primary N) is 1. The Morgan fingerprint density at radius 2 is 1.92 bits per heavy atom. The highest BCUT2D eigenvalue weighted by atomic mass is 16.4. The summed E-state index contributed by atoms with van der Waals surface area (Å²) in [5.74, 6) is -2.48. The number of aromatic carboxylic acids is 2. The van der Waals surface area contributed by atoms with E-state index in [0.29, 0.717) is 0 Å². The number of nitrogens with zero attached hydrogens (tertiary/aromatic N) is 1. The fourth-order valence-corrected chi connectivity index (χ4v) is 0.777. The van der Waals surface area contributed by atoms with Crippen LogP contribution in [0.5, 0.6) is 0 Å². The summed E-state index contributed by atoms with van der Waals surface area (Å²) in [5, 5.41) is 17.0. The van der Waals surface area contributed by atoms with Crippen molar-refractivity contribution in [2.24, 2.45) is 0 Å². The van der Waals surface area contributed by atoms with E-state index in [1.165, 1.54) is 0 Å². The van der Waals surface area contributed by atoms with Gasteiger partial charge in [0.1, 0.15) is 0 Å². The van der Waals surface area contributed by atoms with Crippen LogP contribution in [0.1, 0.15) is 20.8 Å². The van der Waals surface area contributed by atoms with Gasteiger partial charge in [-0.3, -0.25) is 0 Å². The molecule has 6 nitrogen and oxygen atoms in total. The van der Waals surface area contributed by atoms with E-state index in [2.05, 4.69) is 4.98 Å². The van der Waals surface area contributed by atoms with Crippen LogP contribution in [0.2, 0.25) is 0 Å². The second-order valence-corrected chi connectivity index (χ2v) is 2.27. The molecule has 0 fully saturated rings. The lowest BCUT2D eigenvalue weighted by atomic mass is 10.2. The first-order chi connectivity index (χ1) is 6.02. The Labute approximate surface area is 72.6 Å². The van der Waals surface area contributed by atoms with Crippen LogP contribution < -0.4 is 5.73 Å². The lowest BCUT2D eigenvalue weighted by Gasteiger charge is -1.99. The first-order valence-electron chi connectivity index (χ1n) is 3.24. The van der Waals surface area contributed by atoms with Crippen molar-refractivity contribution < 1.29 is 19.8 Å². The molecule has 0 aromatic carbocycles. The smallest absolute Gasteiger partial charge is 0.356 e. The number of hydrogen-bond acceptors (Lipinski definition) is 4. The van der Waals surface area contributed by atoms with Crippen LogP contribution in [0.4, 0.5) is 5.69 Å². The van der Waals surface area contributed by atoms with Gasteiger partial charge in [0, 0.05) is 6.20 Å². The van der Waals surface area contributed by atoms with Gasteiger partial charge in [0.2, 0.25) is 0 Å². The molecule has 0 saturated heterocycles. The molecule has 68 valence electrons. The number of carboxylic acid groups (broad SMARTS) is 2. The van der Waals surface area contributed by atoms with Crippen LogP contribution >= 0.6 is 0 Å². The molecule has 13 heavy (non-hydrogen) atoms. The van der Waals surface area contributed by atoms with Gasteiger partial charge in [-0.15, -0.1) is 0 Å². The van der Waals surface area contributed by atoms with Gasteiger partial charge in [0.05, 0.1) is 11.3 Å². The minimum absolute atomic E-state index is 0.137. The summed E-state index contributed by atoms with van der Waals surface area (Å²) < 4.78 is 0. The molecule has 0 saturated carbocycles. The molecule has 0 amide bonds. The number of carboxylic acids is 2. The molecule has 1 aromatic rings. The SMILES string of the molecule is Nc1cc(C(=O)O)cnc1C(=O)O. The van der Waals surface area contributed by atoms with E-state index in [4.69, 9.17) is 15.9 Å². The number of anilines is 1. The van der Waals surface area contributed by atoms with Gasteiger partial charge in [-0.05, 0) is 6.07 Å². The van der Waals surface area contributed by atoms with Crippen molar-refractivity contribution in [2.45, 2.75) is 0 Å². The molecule has 0 unspecified atom stereocenters. The second kappa shape index (κ2) is 3.10. The number of aromatic nitrogens is 1. The minimum Gasteiger partial charge on any atom is -0.478 e. The molecule has 0 aliphatic carbocycles. The predicted molar refractivity (Wildman–Crippen MR) is 42.6 cm³/mol. The van der Waals surface area contributed by atoms with E-state index in [0.717, 1.165) is 12.3 Å². The molecule has 1 aromatic heterocycles.